The van der Waals surface area contributed by atoms with Crippen LogP contribution in [0.4, 0.5) is 22.7 Å². The number of hydrogen-bond acceptors (Lipinski definition) is 6. The maximum Gasteiger partial charge on any atom is 0.294 e. The van der Waals surface area contributed by atoms with E-state index in [1.54, 1.807) is 12.1 Å². The number of anilines is 2. The number of nitrogens with two attached hydrogens (primary N) is 2. The van der Waals surface area contributed by atoms with Crippen LogP contribution in [0.2, 0.25) is 0 Å². The zero-order chi connectivity index (χ0) is 19.1. The largest absolute Gasteiger partial charge is 0.399 e. The molecule has 3 aromatic carbocycles. The van der Waals surface area contributed by atoms with Gasteiger partial charge in [0.25, 0.3) is 10.1 Å². The molecular formula is C18H18N4O3S. The summed E-state index contributed by atoms with van der Waals surface area (Å²) in [5.74, 6) is 0. The van der Waals surface area contributed by atoms with E-state index in [1.807, 2.05) is 26.0 Å². The average molecular weight is 370 g/mol. The van der Waals surface area contributed by atoms with E-state index in [-0.39, 0.29) is 4.90 Å². The predicted octanol–water partition coefficient (Wildman–Crippen LogP) is 4.28. The van der Waals surface area contributed by atoms with Crippen LogP contribution in [0.15, 0.2) is 57.6 Å². The van der Waals surface area contributed by atoms with Crippen molar-refractivity contribution in [2.24, 2.45) is 10.2 Å². The highest BCUT2D eigenvalue weighted by atomic mass is 32.2. The lowest BCUT2D eigenvalue weighted by molar-refractivity contribution is 0.483. The second-order valence-electron chi connectivity index (χ2n) is 6.05. The van der Waals surface area contributed by atoms with Crippen LogP contribution >= 0.6 is 0 Å². The van der Waals surface area contributed by atoms with Crippen LogP contribution in [0.1, 0.15) is 11.1 Å². The summed E-state index contributed by atoms with van der Waals surface area (Å²) in [6, 6.07) is 11.1. The zero-order valence-corrected chi connectivity index (χ0v) is 15.1. The second kappa shape index (κ2) is 6.40. The average Bonchev–Trinajstić information content (AvgIpc) is 2.57. The molecule has 26 heavy (non-hydrogen) atoms. The van der Waals surface area contributed by atoms with Crippen molar-refractivity contribution in [2.45, 2.75) is 18.7 Å². The Morgan fingerprint density at radius 1 is 0.808 bits per heavy atom. The van der Waals surface area contributed by atoms with Gasteiger partial charge in [0.1, 0.15) is 0 Å². The van der Waals surface area contributed by atoms with Crippen molar-refractivity contribution in [1.82, 2.24) is 0 Å². The lowest BCUT2D eigenvalue weighted by Crippen LogP contribution is -1.98. The Morgan fingerprint density at radius 2 is 1.50 bits per heavy atom. The molecule has 0 saturated heterocycles. The molecule has 0 heterocycles. The molecule has 5 N–H and O–H groups in total. The van der Waals surface area contributed by atoms with Crippen molar-refractivity contribution < 1.29 is 13.0 Å². The SMILES string of the molecule is Cc1cc(N=Nc2ccc(N)c3ccc(S(=O)(=O)O)cc23)c(C)cc1N. The lowest BCUT2D eigenvalue weighted by Gasteiger charge is -2.07. The molecule has 0 saturated carbocycles. The highest BCUT2D eigenvalue weighted by molar-refractivity contribution is 7.85. The van der Waals surface area contributed by atoms with Gasteiger partial charge in [0, 0.05) is 22.1 Å². The van der Waals surface area contributed by atoms with Gasteiger partial charge in [-0.3, -0.25) is 4.55 Å². The first-order chi connectivity index (χ1) is 12.2. The summed E-state index contributed by atoms with van der Waals surface area (Å²) in [6.07, 6.45) is 0. The standard InChI is InChI=1S/C18H18N4O3S/c1-10-8-18(11(2)7-16(10)20)22-21-17-6-5-15(19)13-4-3-12(9-14(13)17)26(23,24)25/h3-9H,19-20H2,1-2H3,(H,23,24,25). The Balaban J connectivity index is 2.16. The van der Waals surface area contributed by atoms with Crippen LogP contribution in [-0.4, -0.2) is 13.0 Å². The first-order valence-electron chi connectivity index (χ1n) is 7.75. The third-order valence-electron chi connectivity index (χ3n) is 4.15. The zero-order valence-electron chi connectivity index (χ0n) is 14.3. The molecule has 134 valence electrons. The van der Waals surface area contributed by atoms with E-state index in [4.69, 9.17) is 11.5 Å². The fourth-order valence-electron chi connectivity index (χ4n) is 2.62. The van der Waals surface area contributed by atoms with E-state index in [1.165, 1.54) is 18.2 Å². The molecule has 0 unspecified atom stereocenters. The molecule has 3 rings (SSSR count). The number of fused-ring (bicyclic) bond motifs is 1. The molecular weight excluding hydrogens is 352 g/mol. The van der Waals surface area contributed by atoms with Crippen LogP contribution in [0.3, 0.4) is 0 Å². The van der Waals surface area contributed by atoms with E-state index < -0.39 is 10.1 Å². The molecule has 0 spiro atoms. The molecule has 0 aliphatic heterocycles. The second-order valence-corrected chi connectivity index (χ2v) is 7.47. The number of rotatable bonds is 3. The first-order valence-corrected chi connectivity index (χ1v) is 9.19. The molecule has 0 atom stereocenters. The summed E-state index contributed by atoms with van der Waals surface area (Å²) < 4.78 is 32.1. The van der Waals surface area contributed by atoms with Gasteiger partial charge < -0.3 is 11.5 Å². The number of aryl methyl sites for hydroxylation is 2. The van der Waals surface area contributed by atoms with Crippen LogP contribution in [-0.2, 0) is 10.1 Å². The summed E-state index contributed by atoms with van der Waals surface area (Å²) in [7, 11) is -4.34. The highest BCUT2D eigenvalue weighted by Crippen LogP contribution is 2.34. The summed E-state index contributed by atoms with van der Waals surface area (Å²) in [6.45, 7) is 3.76. The van der Waals surface area contributed by atoms with Crippen LogP contribution in [0.25, 0.3) is 10.8 Å². The molecule has 0 aliphatic carbocycles. The Morgan fingerprint density at radius 3 is 2.19 bits per heavy atom. The van der Waals surface area contributed by atoms with Gasteiger partial charge in [-0.25, -0.2) is 0 Å². The normalized spacial score (nSPS) is 12.1. The predicted molar refractivity (Wildman–Crippen MR) is 103 cm³/mol. The number of azo groups is 1. The summed E-state index contributed by atoms with van der Waals surface area (Å²) in [5.41, 5.74) is 15.8. The van der Waals surface area contributed by atoms with Gasteiger partial charge >= 0.3 is 0 Å². The fraction of sp³-hybridized carbons (Fsp3) is 0.111. The summed E-state index contributed by atoms with van der Waals surface area (Å²) in [4.78, 5) is -0.230. The molecule has 0 amide bonds. The van der Waals surface area contributed by atoms with Gasteiger partial charge in [-0.1, -0.05) is 6.07 Å². The molecule has 7 nitrogen and oxygen atoms in total. The summed E-state index contributed by atoms with van der Waals surface area (Å²) >= 11 is 0. The lowest BCUT2D eigenvalue weighted by atomic mass is 10.1. The Bertz CT molecular complexity index is 1150. The number of hydrogen-bond donors (Lipinski definition) is 3. The van der Waals surface area contributed by atoms with E-state index in [0.29, 0.717) is 33.5 Å². The molecule has 0 fully saturated rings. The van der Waals surface area contributed by atoms with Crippen LogP contribution < -0.4 is 11.5 Å². The maximum atomic E-state index is 11.4. The van der Waals surface area contributed by atoms with Crippen molar-refractivity contribution in [3.05, 3.63) is 53.6 Å². The quantitative estimate of drug-likeness (QED) is 0.360. The number of nitrogens with zero attached hydrogens (tertiary/aromatic N) is 2. The molecule has 0 aromatic heterocycles. The maximum absolute atomic E-state index is 11.4. The van der Waals surface area contributed by atoms with Crippen molar-refractivity contribution in [1.29, 1.82) is 0 Å². The highest BCUT2D eigenvalue weighted by Gasteiger charge is 2.13. The van der Waals surface area contributed by atoms with Gasteiger partial charge in [0.15, 0.2) is 0 Å². The molecule has 8 heteroatoms. The third kappa shape index (κ3) is 3.37. The van der Waals surface area contributed by atoms with E-state index in [2.05, 4.69) is 10.2 Å². The minimum atomic E-state index is -4.34. The van der Waals surface area contributed by atoms with Gasteiger partial charge in [0.05, 0.1) is 16.3 Å². The Kier molecular flexibility index (Phi) is 4.39. The van der Waals surface area contributed by atoms with Gasteiger partial charge in [-0.05, 0) is 61.4 Å². The number of nitrogen functional groups attached to an aromatic ring is 2. The topological polar surface area (TPSA) is 131 Å². The summed E-state index contributed by atoms with van der Waals surface area (Å²) in [5, 5.41) is 9.62. The van der Waals surface area contributed by atoms with E-state index in [9.17, 15) is 13.0 Å². The van der Waals surface area contributed by atoms with Gasteiger partial charge in [0.2, 0.25) is 0 Å². The smallest absolute Gasteiger partial charge is 0.294 e. The molecule has 0 bridgehead atoms. The van der Waals surface area contributed by atoms with Crippen molar-refractivity contribution in [3.63, 3.8) is 0 Å². The van der Waals surface area contributed by atoms with Crippen molar-refractivity contribution >= 4 is 43.6 Å². The van der Waals surface area contributed by atoms with Gasteiger partial charge in [-0.2, -0.15) is 13.5 Å². The van der Waals surface area contributed by atoms with Crippen LogP contribution in [0.5, 0.6) is 0 Å². The molecule has 0 radical (unpaired) electrons. The minimum absolute atomic E-state index is 0.230. The van der Waals surface area contributed by atoms with Crippen molar-refractivity contribution in [2.75, 3.05) is 11.5 Å². The number of benzene rings is 3. The molecule has 0 aliphatic rings. The fourth-order valence-corrected chi connectivity index (χ4v) is 3.13. The van der Waals surface area contributed by atoms with E-state index in [0.717, 1.165) is 11.1 Å². The Hall–Kier alpha value is -2.97. The Labute approximate surface area is 151 Å². The van der Waals surface area contributed by atoms with Gasteiger partial charge in [-0.15, -0.1) is 5.11 Å². The third-order valence-corrected chi connectivity index (χ3v) is 5.00. The first kappa shape index (κ1) is 17.8. The minimum Gasteiger partial charge on any atom is -0.399 e. The van der Waals surface area contributed by atoms with E-state index >= 15 is 0 Å². The van der Waals surface area contributed by atoms with Crippen LogP contribution in [0, 0.1) is 13.8 Å². The van der Waals surface area contributed by atoms with Crippen molar-refractivity contribution in [3.8, 4) is 0 Å². The molecule has 3 aromatic rings. The monoisotopic (exact) mass is 370 g/mol.